The van der Waals surface area contributed by atoms with Crippen molar-refractivity contribution in [2.75, 3.05) is 0 Å². The van der Waals surface area contributed by atoms with Crippen LogP contribution in [0.15, 0.2) is 54.6 Å². The zero-order valence-electron chi connectivity index (χ0n) is 29.9. The molecule has 9 nitrogen and oxygen atoms in total. The van der Waals surface area contributed by atoms with Crippen molar-refractivity contribution in [2.24, 2.45) is 5.92 Å². The first-order valence-corrected chi connectivity index (χ1v) is 16.1. The van der Waals surface area contributed by atoms with Gasteiger partial charge in [-0.25, -0.2) is 9.59 Å². The Bertz CT molecular complexity index is 1420. The fourth-order valence-electron chi connectivity index (χ4n) is 5.09. The summed E-state index contributed by atoms with van der Waals surface area (Å²) < 4.78 is 11.2. The van der Waals surface area contributed by atoms with Crippen LogP contribution in [0.2, 0.25) is 0 Å². The van der Waals surface area contributed by atoms with Gasteiger partial charge in [0.05, 0.1) is 0 Å². The van der Waals surface area contributed by atoms with Crippen LogP contribution in [-0.4, -0.2) is 57.6 Å². The molecule has 47 heavy (non-hydrogen) atoms. The average Bonchev–Trinajstić information content (AvgIpc) is 2.92. The number of ether oxygens (including phenoxy) is 2. The van der Waals surface area contributed by atoms with E-state index in [-0.39, 0.29) is 18.8 Å². The molecule has 3 unspecified atom stereocenters. The lowest BCUT2D eigenvalue weighted by Gasteiger charge is -2.43. The Labute approximate surface area is 281 Å². The van der Waals surface area contributed by atoms with Gasteiger partial charge in [-0.3, -0.25) is 9.59 Å². The van der Waals surface area contributed by atoms with E-state index in [2.05, 4.69) is 16.6 Å². The molecule has 0 bridgehead atoms. The van der Waals surface area contributed by atoms with Gasteiger partial charge in [0.2, 0.25) is 11.8 Å². The molecule has 0 spiro atoms. The molecule has 2 N–H and O–H groups in total. The highest BCUT2D eigenvalue weighted by molar-refractivity contribution is 5.94. The molecule has 0 fully saturated rings. The topological polar surface area (TPSA) is 114 Å². The van der Waals surface area contributed by atoms with E-state index >= 15 is 0 Å². The molecule has 256 valence electrons. The van der Waals surface area contributed by atoms with Crippen molar-refractivity contribution in [3.05, 3.63) is 71.3 Å². The minimum atomic E-state index is -1.27. The van der Waals surface area contributed by atoms with E-state index in [0.29, 0.717) is 11.1 Å². The third-order valence-electron chi connectivity index (χ3n) is 6.86. The summed E-state index contributed by atoms with van der Waals surface area (Å²) >= 11 is 0. The number of carbonyl (C=O) groups is 4. The van der Waals surface area contributed by atoms with Crippen molar-refractivity contribution in [2.45, 2.75) is 124 Å². The van der Waals surface area contributed by atoms with Crippen molar-refractivity contribution in [3.63, 3.8) is 0 Å². The first kappa shape index (κ1) is 38.9. The van der Waals surface area contributed by atoms with Crippen LogP contribution in [0.3, 0.4) is 0 Å². The normalized spacial score (nSPS) is 13.9. The van der Waals surface area contributed by atoms with E-state index in [1.807, 2.05) is 44.2 Å². The summed E-state index contributed by atoms with van der Waals surface area (Å²) in [5.74, 6) is 0.916. The number of carbonyl (C=O) groups excluding carboxylic acids is 4. The molecule has 0 aromatic heterocycles. The lowest BCUT2D eigenvalue weighted by molar-refractivity contribution is -0.159. The van der Waals surface area contributed by atoms with Gasteiger partial charge in [0.15, 0.2) is 0 Å². The standard InChI is InChI=1S/C38H53N3O6/c1-13-27-21-17-18-22-28(27)31(32(42)39-30(34(44)46-37(7,8)9)24-26-19-15-14-16-20-26)41(36(4,5)6)33(43)29(23-25(2)3)40-35(45)47-38(10,11)12/h1,14-22,25,29-31H,23-24H2,2-12H3,(H,39,42)(H,40,45). The molecule has 3 atom stereocenters. The highest BCUT2D eigenvalue weighted by Crippen LogP contribution is 2.33. The maximum atomic E-state index is 14.7. The molecule has 0 heterocycles. The Morgan fingerprint density at radius 2 is 1.34 bits per heavy atom. The Kier molecular flexibility index (Phi) is 13.2. The summed E-state index contributed by atoms with van der Waals surface area (Å²) in [4.78, 5) is 57.2. The smallest absolute Gasteiger partial charge is 0.408 e. The summed E-state index contributed by atoms with van der Waals surface area (Å²) in [5.41, 5.74) is -0.926. The molecule has 9 heteroatoms. The maximum Gasteiger partial charge on any atom is 0.408 e. The predicted octanol–water partition coefficient (Wildman–Crippen LogP) is 6.34. The van der Waals surface area contributed by atoms with Crippen LogP contribution in [0, 0.1) is 18.3 Å². The minimum Gasteiger partial charge on any atom is -0.458 e. The van der Waals surface area contributed by atoms with Crippen LogP contribution >= 0.6 is 0 Å². The van der Waals surface area contributed by atoms with Gasteiger partial charge in [-0.05, 0) is 91.8 Å². The predicted molar refractivity (Wildman–Crippen MR) is 184 cm³/mol. The molecule has 0 radical (unpaired) electrons. The van der Waals surface area contributed by atoms with Gasteiger partial charge in [0.1, 0.15) is 29.3 Å². The summed E-state index contributed by atoms with van der Waals surface area (Å²) in [6.07, 6.45) is 5.60. The van der Waals surface area contributed by atoms with Crippen LogP contribution in [0.4, 0.5) is 4.79 Å². The van der Waals surface area contributed by atoms with E-state index in [4.69, 9.17) is 15.9 Å². The number of alkyl carbamates (subject to hydrolysis) is 1. The Balaban J connectivity index is 2.72. The zero-order chi connectivity index (χ0) is 35.7. The quantitative estimate of drug-likeness (QED) is 0.217. The number of nitrogens with zero attached hydrogens (tertiary/aromatic N) is 1. The van der Waals surface area contributed by atoms with Crippen molar-refractivity contribution in [1.82, 2.24) is 15.5 Å². The van der Waals surface area contributed by atoms with Gasteiger partial charge in [-0.2, -0.15) is 0 Å². The van der Waals surface area contributed by atoms with E-state index < -0.39 is 58.7 Å². The Hall–Kier alpha value is -4.32. The fourth-order valence-corrected chi connectivity index (χ4v) is 5.09. The number of esters is 1. The molecule has 0 saturated carbocycles. The summed E-state index contributed by atoms with van der Waals surface area (Å²) in [5, 5.41) is 5.66. The van der Waals surface area contributed by atoms with E-state index in [1.165, 1.54) is 4.90 Å². The largest absolute Gasteiger partial charge is 0.458 e. The fraction of sp³-hybridized carbons (Fsp3) is 0.526. The number of nitrogens with one attached hydrogen (secondary N) is 2. The molecule has 0 saturated heterocycles. The van der Waals surface area contributed by atoms with Gasteiger partial charge in [-0.1, -0.05) is 68.3 Å². The lowest BCUT2D eigenvalue weighted by atomic mass is 9.91. The zero-order valence-corrected chi connectivity index (χ0v) is 29.9. The van der Waals surface area contributed by atoms with Gasteiger partial charge in [-0.15, -0.1) is 6.42 Å². The Morgan fingerprint density at radius 3 is 1.85 bits per heavy atom. The van der Waals surface area contributed by atoms with Crippen molar-refractivity contribution in [3.8, 4) is 12.3 Å². The number of rotatable bonds is 11. The highest BCUT2D eigenvalue weighted by atomic mass is 16.6. The number of benzene rings is 2. The second kappa shape index (κ2) is 16.0. The molecule has 3 amide bonds. The SMILES string of the molecule is C#Cc1ccccc1C(C(=O)NC(Cc1ccccc1)C(=O)OC(C)(C)C)N(C(=O)C(CC(C)C)NC(=O)OC(C)(C)C)C(C)(C)C. The van der Waals surface area contributed by atoms with Crippen LogP contribution in [0.25, 0.3) is 0 Å². The van der Waals surface area contributed by atoms with E-state index in [0.717, 1.165) is 5.56 Å². The average molecular weight is 648 g/mol. The minimum absolute atomic E-state index is 0.00778. The number of terminal acetylenes is 1. The van der Waals surface area contributed by atoms with Crippen molar-refractivity contribution in [1.29, 1.82) is 0 Å². The third kappa shape index (κ3) is 12.4. The van der Waals surface area contributed by atoms with Gasteiger partial charge >= 0.3 is 12.1 Å². The van der Waals surface area contributed by atoms with Gasteiger partial charge in [0.25, 0.3) is 0 Å². The molecule has 0 aliphatic rings. The van der Waals surface area contributed by atoms with Crippen molar-refractivity contribution >= 4 is 23.9 Å². The van der Waals surface area contributed by atoms with Crippen molar-refractivity contribution < 1.29 is 28.7 Å². The third-order valence-corrected chi connectivity index (χ3v) is 6.86. The molecule has 2 rings (SSSR count). The second-order valence-corrected chi connectivity index (χ2v) is 15.1. The molecular weight excluding hydrogens is 594 g/mol. The van der Waals surface area contributed by atoms with E-state index in [1.54, 1.807) is 86.6 Å². The molecular formula is C38H53N3O6. The van der Waals surface area contributed by atoms with Gasteiger partial charge in [0, 0.05) is 17.5 Å². The Morgan fingerprint density at radius 1 is 0.787 bits per heavy atom. The number of amides is 3. The first-order valence-electron chi connectivity index (χ1n) is 16.1. The monoisotopic (exact) mass is 647 g/mol. The van der Waals surface area contributed by atoms with Crippen LogP contribution in [0.1, 0.15) is 105 Å². The number of hydrogen-bond acceptors (Lipinski definition) is 6. The van der Waals surface area contributed by atoms with E-state index in [9.17, 15) is 19.2 Å². The first-order chi connectivity index (χ1) is 21.6. The lowest BCUT2D eigenvalue weighted by Crippen LogP contribution is -2.60. The maximum absolute atomic E-state index is 14.7. The molecule has 2 aromatic rings. The molecule has 0 aliphatic heterocycles. The summed E-state index contributed by atoms with van der Waals surface area (Å²) in [6.45, 7) is 19.8. The molecule has 2 aromatic carbocycles. The van der Waals surface area contributed by atoms with Crippen LogP contribution in [0.5, 0.6) is 0 Å². The second-order valence-electron chi connectivity index (χ2n) is 15.1. The highest BCUT2D eigenvalue weighted by Gasteiger charge is 2.43. The summed E-state index contributed by atoms with van der Waals surface area (Å²) in [6, 6.07) is 12.8. The van der Waals surface area contributed by atoms with Crippen LogP contribution in [-0.2, 0) is 30.3 Å². The van der Waals surface area contributed by atoms with Crippen LogP contribution < -0.4 is 10.6 Å². The molecule has 0 aliphatic carbocycles. The van der Waals surface area contributed by atoms with Gasteiger partial charge < -0.3 is 25.0 Å². The number of hydrogen-bond donors (Lipinski definition) is 2. The summed E-state index contributed by atoms with van der Waals surface area (Å²) in [7, 11) is 0.